The predicted molar refractivity (Wildman–Crippen MR) is 84.7 cm³/mol. The molecule has 0 saturated heterocycles. The lowest BCUT2D eigenvalue weighted by atomic mass is 10.2. The maximum Gasteiger partial charge on any atom is 0.0106 e. The van der Waals surface area contributed by atoms with Crippen LogP contribution in [-0.2, 0) is 0 Å². The van der Waals surface area contributed by atoms with E-state index in [0.717, 1.165) is 17.8 Å². The summed E-state index contributed by atoms with van der Waals surface area (Å²) in [6, 6.07) is 11.4. The first-order chi connectivity index (χ1) is 8.88. The van der Waals surface area contributed by atoms with Crippen LogP contribution in [0, 0.1) is 0 Å². The molecule has 1 saturated carbocycles. The Balaban J connectivity index is 1.56. The molecule has 1 aromatic rings. The zero-order valence-corrected chi connectivity index (χ0v) is 12.7. The Morgan fingerprint density at radius 1 is 1.22 bits per heavy atom. The number of nitrogens with one attached hydrogen (secondary N) is 1. The molecule has 0 spiro atoms. The van der Waals surface area contributed by atoms with Gasteiger partial charge in [-0.2, -0.15) is 11.8 Å². The highest BCUT2D eigenvalue weighted by molar-refractivity contribution is 7.99. The van der Waals surface area contributed by atoms with Gasteiger partial charge in [0.25, 0.3) is 0 Å². The maximum absolute atomic E-state index is 3.71. The van der Waals surface area contributed by atoms with E-state index in [1.807, 2.05) is 11.8 Å². The van der Waals surface area contributed by atoms with Gasteiger partial charge in [0.1, 0.15) is 0 Å². The van der Waals surface area contributed by atoms with Gasteiger partial charge in [-0.3, -0.25) is 0 Å². The Hall–Kier alpha value is -0.120. The molecule has 1 aliphatic carbocycles. The average molecular weight is 281 g/mol. The van der Waals surface area contributed by atoms with Crippen molar-refractivity contribution in [2.45, 2.75) is 42.4 Å². The van der Waals surface area contributed by atoms with E-state index < -0.39 is 0 Å². The third kappa shape index (κ3) is 4.87. The van der Waals surface area contributed by atoms with Gasteiger partial charge in [-0.25, -0.2) is 0 Å². The minimum absolute atomic E-state index is 0.769. The molecule has 18 heavy (non-hydrogen) atoms. The first-order valence-electron chi connectivity index (χ1n) is 6.91. The highest BCUT2D eigenvalue weighted by atomic mass is 32.2. The molecule has 2 unspecified atom stereocenters. The molecule has 1 N–H and O–H groups in total. The van der Waals surface area contributed by atoms with E-state index in [1.54, 1.807) is 0 Å². The van der Waals surface area contributed by atoms with E-state index in [0.29, 0.717) is 0 Å². The second-order valence-corrected chi connectivity index (χ2v) is 7.45. The van der Waals surface area contributed by atoms with Crippen LogP contribution < -0.4 is 5.32 Å². The van der Waals surface area contributed by atoms with Crippen molar-refractivity contribution in [2.24, 2.45) is 0 Å². The first-order valence-corrected chi connectivity index (χ1v) is 8.94. The van der Waals surface area contributed by atoms with Gasteiger partial charge in [-0.05, 0) is 37.1 Å². The SMILES string of the molecule is CCSC1CCC(NCCSc2ccccc2)C1. The van der Waals surface area contributed by atoms with E-state index in [1.165, 1.54) is 35.7 Å². The van der Waals surface area contributed by atoms with Crippen LogP contribution in [0.25, 0.3) is 0 Å². The van der Waals surface area contributed by atoms with Crippen molar-refractivity contribution in [2.75, 3.05) is 18.1 Å². The minimum atomic E-state index is 0.769. The van der Waals surface area contributed by atoms with E-state index in [9.17, 15) is 0 Å². The monoisotopic (exact) mass is 281 g/mol. The highest BCUT2D eigenvalue weighted by Gasteiger charge is 2.23. The Labute approximate surface area is 120 Å². The molecule has 100 valence electrons. The molecule has 0 amide bonds. The first kappa shape index (κ1) is 14.3. The summed E-state index contributed by atoms with van der Waals surface area (Å²) in [5.74, 6) is 2.44. The second-order valence-electron chi connectivity index (χ2n) is 4.70. The molecule has 1 aromatic carbocycles. The number of benzene rings is 1. The fourth-order valence-electron chi connectivity index (χ4n) is 2.46. The highest BCUT2D eigenvalue weighted by Crippen LogP contribution is 2.29. The van der Waals surface area contributed by atoms with Crippen LogP contribution in [-0.4, -0.2) is 29.3 Å². The van der Waals surface area contributed by atoms with Crippen LogP contribution >= 0.6 is 23.5 Å². The maximum atomic E-state index is 3.71. The molecule has 1 aliphatic rings. The lowest BCUT2D eigenvalue weighted by molar-refractivity contribution is 0.546. The second kappa shape index (κ2) is 8.13. The minimum Gasteiger partial charge on any atom is -0.313 e. The third-order valence-electron chi connectivity index (χ3n) is 3.33. The Bertz CT molecular complexity index is 329. The third-order valence-corrected chi connectivity index (χ3v) is 5.58. The molecular weight excluding hydrogens is 258 g/mol. The Morgan fingerprint density at radius 3 is 2.83 bits per heavy atom. The molecule has 1 nitrogen and oxygen atoms in total. The molecule has 0 aliphatic heterocycles. The van der Waals surface area contributed by atoms with E-state index >= 15 is 0 Å². The predicted octanol–water partition coefficient (Wildman–Crippen LogP) is 4.04. The van der Waals surface area contributed by atoms with Gasteiger partial charge < -0.3 is 5.32 Å². The van der Waals surface area contributed by atoms with Gasteiger partial charge in [0.2, 0.25) is 0 Å². The summed E-state index contributed by atoms with van der Waals surface area (Å²) in [5, 5.41) is 4.62. The number of hydrogen-bond acceptors (Lipinski definition) is 3. The van der Waals surface area contributed by atoms with Crippen molar-refractivity contribution in [3.8, 4) is 0 Å². The van der Waals surface area contributed by atoms with Gasteiger partial charge in [0.05, 0.1) is 0 Å². The van der Waals surface area contributed by atoms with Crippen molar-refractivity contribution in [1.29, 1.82) is 0 Å². The molecule has 0 radical (unpaired) electrons. The molecule has 0 aromatic heterocycles. The fourth-order valence-corrected chi connectivity index (χ4v) is 4.41. The summed E-state index contributed by atoms with van der Waals surface area (Å²) < 4.78 is 0. The van der Waals surface area contributed by atoms with Gasteiger partial charge in [-0.1, -0.05) is 25.1 Å². The molecular formula is C15H23NS2. The van der Waals surface area contributed by atoms with Crippen LogP contribution in [0.4, 0.5) is 0 Å². The van der Waals surface area contributed by atoms with Crippen molar-refractivity contribution in [1.82, 2.24) is 5.32 Å². The summed E-state index contributed by atoms with van der Waals surface area (Å²) in [6.45, 7) is 3.40. The Kier molecular flexibility index (Phi) is 6.46. The molecule has 2 rings (SSSR count). The van der Waals surface area contributed by atoms with E-state index in [4.69, 9.17) is 0 Å². The summed E-state index contributed by atoms with van der Waals surface area (Å²) in [5.41, 5.74) is 0. The number of thioether (sulfide) groups is 2. The van der Waals surface area contributed by atoms with Crippen LogP contribution in [0.3, 0.4) is 0 Å². The summed E-state index contributed by atoms with van der Waals surface area (Å²) in [6.07, 6.45) is 4.14. The summed E-state index contributed by atoms with van der Waals surface area (Å²) in [7, 11) is 0. The summed E-state index contributed by atoms with van der Waals surface area (Å²) >= 11 is 4.08. The lowest BCUT2D eigenvalue weighted by Gasteiger charge is -2.12. The molecule has 1 fully saturated rings. The van der Waals surface area contributed by atoms with Gasteiger partial charge in [0, 0.05) is 28.5 Å². The standard InChI is InChI=1S/C15H23NS2/c1-2-17-15-9-8-13(12-15)16-10-11-18-14-6-4-3-5-7-14/h3-7,13,15-16H,2,8-12H2,1H3. The fraction of sp³-hybridized carbons (Fsp3) is 0.600. The average Bonchev–Trinajstić information content (AvgIpc) is 2.84. The Morgan fingerprint density at radius 2 is 2.06 bits per heavy atom. The molecule has 2 atom stereocenters. The van der Waals surface area contributed by atoms with Crippen molar-refractivity contribution >= 4 is 23.5 Å². The number of rotatable bonds is 7. The van der Waals surface area contributed by atoms with Crippen molar-refractivity contribution in [3.05, 3.63) is 30.3 Å². The summed E-state index contributed by atoms with van der Waals surface area (Å²) in [4.78, 5) is 1.38. The molecule has 0 heterocycles. The topological polar surface area (TPSA) is 12.0 Å². The normalized spacial score (nSPS) is 23.4. The lowest BCUT2D eigenvalue weighted by Crippen LogP contribution is -2.28. The van der Waals surface area contributed by atoms with Crippen LogP contribution in [0.5, 0.6) is 0 Å². The van der Waals surface area contributed by atoms with Gasteiger partial charge in [-0.15, -0.1) is 11.8 Å². The quantitative estimate of drug-likeness (QED) is 0.598. The largest absolute Gasteiger partial charge is 0.313 e. The van der Waals surface area contributed by atoms with E-state index in [-0.39, 0.29) is 0 Å². The smallest absolute Gasteiger partial charge is 0.0106 e. The van der Waals surface area contributed by atoms with Crippen LogP contribution in [0.1, 0.15) is 26.2 Å². The molecule has 3 heteroatoms. The number of hydrogen-bond donors (Lipinski definition) is 1. The van der Waals surface area contributed by atoms with E-state index in [2.05, 4.69) is 54.3 Å². The van der Waals surface area contributed by atoms with Crippen LogP contribution in [0.15, 0.2) is 35.2 Å². The van der Waals surface area contributed by atoms with Crippen LogP contribution in [0.2, 0.25) is 0 Å². The van der Waals surface area contributed by atoms with Crippen molar-refractivity contribution < 1.29 is 0 Å². The zero-order chi connectivity index (χ0) is 12.6. The van der Waals surface area contributed by atoms with Gasteiger partial charge >= 0.3 is 0 Å². The van der Waals surface area contributed by atoms with Crippen molar-refractivity contribution in [3.63, 3.8) is 0 Å². The zero-order valence-electron chi connectivity index (χ0n) is 11.1. The van der Waals surface area contributed by atoms with Gasteiger partial charge in [0.15, 0.2) is 0 Å². The molecule has 0 bridgehead atoms.